The van der Waals surface area contributed by atoms with Crippen molar-refractivity contribution in [3.8, 4) is 5.88 Å². The molecule has 0 spiro atoms. The van der Waals surface area contributed by atoms with Gasteiger partial charge < -0.3 is 9.64 Å². The minimum Gasteiger partial charge on any atom is -0.475 e. The lowest BCUT2D eigenvalue weighted by Gasteiger charge is -2.32. The number of piperidine rings is 1. The van der Waals surface area contributed by atoms with Gasteiger partial charge in [-0.15, -0.1) is 11.6 Å². The van der Waals surface area contributed by atoms with E-state index >= 15 is 0 Å². The normalized spacial score (nSPS) is 19.8. The molecule has 1 aromatic rings. The molecule has 2 rings (SSSR count). The fourth-order valence-corrected chi connectivity index (χ4v) is 2.59. The fourth-order valence-electron chi connectivity index (χ4n) is 2.34. The standard InChI is InChI=1S/C14H22ClN3O/c1-10(2)19-13-7-11(3)16-14(17-13)18-6-4-5-12(8-15)9-18/h7,10,12H,4-6,8-9H2,1-3H3. The predicted molar refractivity (Wildman–Crippen MR) is 78.2 cm³/mol. The summed E-state index contributed by atoms with van der Waals surface area (Å²) < 4.78 is 5.68. The zero-order valence-corrected chi connectivity index (χ0v) is 12.7. The molecular weight excluding hydrogens is 262 g/mol. The molecule has 5 heteroatoms. The van der Waals surface area contributed by atoms with Crippen LogP contribution in [0.1, 0.15) is 32.4 Å². The van der Waals surface area contributed by atoms with Gasteiger partial charge in [0.05, 0.1) is 6.10 Å². The highest BCUT2D eigenvalue weighted by Crippen LogP contribution is 2.23. The quantitative estimate of drug-likeness (QED) is 0.796. The average Bonchev–Trinajstić information content (AvgIpc) is 2.37. The molecule has 106 valence electrons. The van der Waals surface area contributed by atoms with E-state index in [0.717, 1.165) is 31.2 Å². The second-order valence-corrected chi connectivity index (χ2v) is 5.73. The van der Waals surface area contributed by atoms with Crippen LogP contribution >= 0.6 is 11.6 Å². The highest BCUT2D eigenvalue weighted by Gasteiger charge is 2.21. The Labute approximate surface area is 120 Å². The number of hydrogen-bond acceptors (Lipinski definition) is 4. The third-order valence-electron chi connectivity index (χ3n) is 3.20. The minimum absolute atomic E-state index is 0.124. The Morgan fingerprint density at radius 2 is 2.26 bits per heavy atom. The first-order valence-corrected chi connectivity index (χ1v) is 7.45. The van der Waals surface area contributed by atoms with E-state index in [-0.39, 0.29) is 6.10 Å². The van der Waals surface area contributed by atoms with Gasteiger partial charge in [0.25, 0.3) is 0 Å². The minimum atomic E-state index is 0.124. The van der Waals surface area contributed by atoms with Crippen molar-refractivity contribution in [2.24, 2.45) is 5.92 Å². The number of aromatic nitrogens is 2. The molecular formula is C14H22ClN3O. The fraction of sp³-hybridized carbons (Fsp3) is 0.714. The summed E-state index contributed by atoms with van der Waals surface area (Å²) in [5, 5.41) is 0. The van der Waals surface area contributed by atoms with E-state index in [1.54, 1.807) is 0 Å². The van der Waals surface area contributed by atoms with E-state index < -0.39 is 0 Å². The van der Waals surface area contributed by atoms with Gasteiger partial charge in [0.1, 0.15) is 0 Å². The van der Waals surface area contributed by atoms with Crippen LogP contribution in [0.3, 0.4) is 0 Å². The number of nitrogens with zero attached hydrogens (tertiary/aromatic N) is 3. The number of hydrogen-bond donors (Lipinski definition) is 0. The lowest BCUT2D eigenvalue weighted by atomic mass is 10.0. The monoisotopic (exact) mass is 283 g/mol. The topological polar surface area (TPSA) is 38.2 Å². The maximum absolute atomic E-state index is 5.97. The van der Waals surface area contributed by atoms with Crippen LogP contribution in [0.2, 0.25) is 0 Å². The summed E-state index contributed by atoms with van der Waals surface area (Å²) in [5.41, 5.74) is 0.939. The largest absolute Gasteiger partial charge is 0.475 e. The van der Waals surface area contributed by atoms with E-state index in [2.05, 4.69) is 14.9 Å². The van der Waals surface area contributed by atoms with Crippen LogP contribution < -0.4 is 9.64 Å². The van der Waals surface area contributed by atoms with Crippen molar-refractivity contribution in [3.05, 3.63) is 11.8 Å². The van der Waals surface area contributed by atoms with Crippen molar-refractivity contribution in [3.63, 3.8) is 0 Å². The van der Waals surface area contributed by atoms with Gasteiger partial charge in [0.15, 0.2) is 0 Å². The van der Waals surface area contributed by atoms with Gasteiger partial charge in [-0.1, -0.05) is 0 Å². The molecule has 1 unspecified atom stereocenters. The summed E-state index contributed by atoms with van der Waals surface area (Å²) in [6.45, 7) is 7.91. The second kappa shape index (κ2) is 6.42. The molecule has 1 aliphatic heterocycles. The van der Waals surface area contributed by atoms with Crippen molar-refractivity contribution in [1.82, 2.24) is 9.97 Å². The lowest BCUT2D eigenvalue weighted by Crippen LogP contribution is -2.37. The Kier molecular flexibility index (Phi) is 4.86. The number of ether oxygens (including phenoxy) is 1. The first-order chi connectivity index (χ1) is 9.08. The van der Waals surface area contributed by atoms with Crippen molar-refractivity contribution < 1.29 is 4.74 Å². The summed E-state index contributed by atoms with van der Waals surface area (Å²) in [6, 6.07) is 1.88. The molecule has 1 fully saturated rings. The van der Waals surface area contributed by atoms with E-state index in [4.69, 9.17) is 16.3 Å². The van der Waals surface area contributed by atoms with Gasteiger partial charge in [0.2, 0.25) is 11.8 Å². The van der Waals surface area contributed by atoms with E-state index in [9.17, 15) is 0 Å². The molecule has 0 radical (unpaired) electrons. The summed E-state index contributed by atoms with van der Waals surface area (Å²) in [5.74, 6) is 2.67. The molecule has 0 amide bonds. The second-order valence-electron chi connectivity index (χ2n) is 5.42. The summed E-state index contributed by atoms with van der Waals surface area (Å²) in [4.78, 5) is 11.3. The molecule has 19 heavy (non-hydrogen) atoms. The van der Waals surface area contributed by atoms with Crippen LogP contribution in [-0.4, -0.2) is 35.0 Å². The third-order valence-corrected chi connectivity index (χ3v) is 3.63. The van der Waals surface area contributed by atoms with Crippen LogP contribution in [0, 0.1) is 12.8 Å². The molecule has 1 aliphatic rings. The van der Waals surface area contributed by atoms with E-state index in [0.29, 0.717) is 17.7 Å². The van der Waals surface area contributed by atoms with Gasteiger partial charge >= 0.3 is 0 Å². The van der Waals surface area contributed by atoms with Crippen LogP contribution in [0.15, 0.2) is 6.07 Å². The average molecular weight is 284 g/mol. The number of aryl methyl sites for hydroxylation is 1. The van der Waals surface area contributed by atoms with Gasteiger partial charge in [-0.05, 0) is 39.5 Å². The number of anilines is 1. The van der Waals surface area contributed by atoms with Gasteiger partial charge in [-0.25, -0.2) is 4.98 Å². The van der Waals surface area contributed by atoms with Crippen molar-refractivity contribution in [1.29, 1.82) is 0 Å². The van der Waals surface area contributed by atoms with Crippen LogP contribution in [0.5, 0.6) is 5.88 Å². The molecule has 0 N–H and O–H groups in total. The zero-order chi connectivity index (χ0) is 13.8. The van der Waals surface area contributed by atoms with Crippen molar-refractivity contribution in [2.75, 3.05) is 23.9 Å². The van der Waals surface area contributed by atoms with E-state index in [1.807, 2.05) is 26.8 Å². The first kappa shape index (κ1) is 14.4. The molecule has 1 aromatic heterocycles. The number of halogens is 1. The lowest BCUT2D eigenvalue weighted by molar-refractivity contribution is 0.232. The molecule has 4 nitrogen and oxygen atoms in total. The van der Waals surface area contributed by atoms with Gasteiger partial charge in [-0.3, -0.25) is 0 Å². The molecule has 0 bridgehead atoms. The first-order valence-electron chi connectivity index (χ1n) is 6.91. The highest BCUT2D eigenvalue weighted by atomic mass is 35.5. The Bertz CT molecular complexity index is 425. The van der Waals surface area contributed by atoms with Crippen LogP contribution in [0.25, 0.3) is 0 Å². The van der Waals surface area contributed by atoms with Gasteiger partial charge in [-0.2, -0.15) is 4.98 Å². The Morgan fingerprint density at radius 3 is 2.95 bits per heavy atom. The summed E-state index contributed by atoms with van der Waals surface area (Å²) in [7, 11) is 0. The van der Waals surface area contributed by atoms with E-state index in [1.165, 1.54) is 6.42 Å². The predicted octanol–water partition coefficient (Wildman–Crippen LogP) is 3.03. The maximum atomic E-state index is 5.97. The molecule has 2 heterocycles. The molecule has 1 saturated heterocycles. The number of rotatable bonds is 4. The Hall–Kier alpha value is -1.03. The smallest absolute Gasteiger partial charge is 0.228 e. The number of alkyl halides is 1. The van der Waals surface area contributed by atoms with Crippen molar-refractivity contribution >= 4 is 17.5 Å². The third kappa shape index (κ3) is 3.96. The molecule has 0 aliphatic carbocycles. The molecule has 1 atom stereocenters. The van der Waals surface area contributed by atoms with Gasteiger partial charge in [0, 0.05) is 30.7 Å². The summed E-state index contributed by atoms with van der Waals surface area (Å²) >= 11 is 5.97. The van der Waals surface area contributed by atoms with Crippen molar-refractivity contribution in [2.45, 2.75) is 39.7 Å². The highest BCUT2D eigenvalue weighted by molar-refractivity contribution is 6.18. The molecule has 0 saturated carbocycles. The zero-order valence-electron chi connectivity index (χ0n) is 11.9. The van der Waals surface area contributed by atoms with Crippen LogP contribution in [0.4, 0.5) is 5.95 Å². The Balaban J connectivity index is 2.16. The SMILES string of the molecule is Cc1cc(OC(C)C)nc(N2CCCC(CCl)C2)n1. The molecule has 0 aromatic carbocycles. The van der Waals surface area contributed by atoms with Crippen LogP contribution in [-0.2, 0) is 0 Å². The maximum Gasteiger partial charge on any atom is 0.228 e. The Morgan fingerprint density at radius 1 is 1.47 bits per heavy atom. The summed E-state index contributed by atoms with van der Waals surface area (Å²) in [6.07, 6.45) is 2.47.